The molecular weight excluding hydrogens is 214 g/mol. The molecule has 1 aromatic rings. The number of aliphatic hydroxyl groups is 1. The second kappa shape index (κ2) is 6.60. The summed E-state index contributed by atoms with van der Waals surface area (Å²) in [7, 11) is 0. The average Bonchev–Trinajstić information content (AvgIpc) is 2.26. The molecule has 1 unspecified atom stereocenters. The molecule has 1 N–H and O–H groups in total. The summed E-state index contributed by atoms with van der Waals surface area (Å²) >= 11 is 0. The van der Waals surface area contributed by atoms with E-state index in [1.54, 1.807) is 0 Å². The summed E-state index contributed by atoms with van der Waals surface area (Å²) < 4.78 is 5.72. The quantitative estimate of drug-likeness (QED) is 0.827. The Balaban J connectivity index is 2.56. The van der Waals surface area contributed by atoms with Crippen LogP contribution in [0.5, 0.6) is 5.75 Å². The first-order valence-electron chi connectivity index (χ1n) is 6.23. The molecule has 0 saturated heterocycles. The SMILES string of the molecule is Cc1ccc(OCC(C)CC(C)C)c(CO)n1. The molecule has 1 rings (SSSR count). The van der Waals surface area contributed by atoms with Gasteiger partial charge in [-0.15, -0.1) is 0 Å². The van der Waals surface area contributed by atoms with Crippen LogP contribution < -0.4 is 4.74 Å². The van der Waals surface area contributed by atoms with E-state index in [0.29, 0.717) is 29.9 Å². The highest BCUT2D eigenvalue weighted by atomic mass is 16.5. The van der Waals surface area contributed by atoms with Gasteiger partial charge in [-0.05, 0) is 37.3 Å². The van der Waals surface area contributed by atoms with E-state index in [9.17, 15) is 5.11 Å². The van der Waals surface area contributed by atoms with Crippen molar-refractivity contribution in [2.75, 3.05) is 6.61 Å². The van der Waals surface area contributed by atoms with Gasteiger partial charge in [-0.25, -0.2) is 0 Å². The van der Waals surface area contributed by atoms with Crippen LogP contribution in [0, 0.1) is 18.8 Å². The highest BCUT2D eigenvalue weighted by Crippen LogP contribution is 2.19. The monoisotopic (exact) mass is 237 g/mol. The van der Waals surface area contributed by atoms with E-state index in [1.807, 2.05) is 19.1 Å². The van der Waals surface area contributed by atoms with E-state index < -0.39 is 0 Å². The molecule has 1 heterocycles. The van der Waals surface area contributed by atoms with Gasteiger partial charge in [0.2, 0.25) is 0 Å². The molecule has 0 saturated carbocycles. The molecule has 96 valence electrons. The van der Waals surface area contributed by atoms with Crippen molar-refractivity contribution in [3.8, 4) is 5.75 Å². The zero-order valence-corrected chi connectivity index (χ0v) is 11.2. The van der Waals surface area contributed by atoms with E-state index in [4.69, 9.17) is 4.74 Å². The number of aliphatic hydroxyl groups excluding tert-OH is 1. The second-order valence-electron chi connectivity index (χ2n) is 5.10. The molecule has 0 aromatic carbocycles. The number of pyridine rings is 1. The standard InChI is InChI=1S/C14H23NO2/c1-10(2)7-11(3)9-17-14-6-5-12(4)15-13(14)8-16/h5-6,10-11,16H,7-9H2,1-4H3. The van der Waals surface area contributed by atoms with Crippen LogP contribution in [0.3, 0.4) is 0 Å². The van der Waals surface area contributed by atoms with Crippen molar-refractivity contribution in [2.24, 2.45) is 11.8 Å². The van der Waals surface area contributed by atoms with Crippen LogP contribution in [-0.4, -0.2) is 16.7 Å². The average molecular weight is 237 g/mol. The van der Waals surface area contributed by atoms with E-state index in [-0.39, 0.29) is 6.61 Å². The minimum atomic E-state index is -0.0738. The van der Waals surface area contributed by atoms with Crippen molar-refractivity contribution < 1.29 is 9.84 Å². The molecule has 0 aliphatic heterocycles. The lowest BCUT2D eigenvalue weighted by molar-refractivity contribution is 0.222. The van der Waals surface area contributed by atoms with Crippen LogP contribution in [0.1, 0.15) is 38.6 Å². The zero-order valence-electron chi connectivity index (χ0n) is 11.2. The molecule has 0 bridgehead atoms. The Morgan fingerprint density at radius 3 is 2.59 bits per heavy atom. The van der Waals surface area contributed by atoms with Gasteiger partial charge in [-0.3, -0.25) is 4.98 Å². The maximum atomic E-state index is 9.21. The first kappa shape index (κ1) is 14.0. The zero-order chi connectivity index (χ0) is 12.8. The van der Waals surface area contributed by atoms with Crippen molar-refractivity contribution in [3.05, 3.63) is 23.5 Å². The number of rotatable bonds is 6. The van der Waals surface area contributed by atoms with Crippen molar-refractivity contribution in [1.29, 1.82) is 0 Å². The molecule has 0 fully saturated rings. The first-order chi connectivity index (χ1) is 8.02. The largest absolute Gasteiger partial charge is 0.491 e. The van der Waals surface area contributed by atoms with Gasteiger partial charge < -0.3 is 9.84 Å². The summed E-state index contributed by atoms with van der Waals surface area (Å²) in [5, 5.41) is 9.21. The lowest BCUT2D eigenvalue weighted by Gasteiger charge is -2.16. The third kappa shape index (κ3) is 4.73. The number of aryl methyl sites for hydroxylation is 1. The Bertz CT molecular complexity index is 350. The summed E-state index contributed by atoms with van der Waals surface area (Å²) in [6.45, 7) is 9.11. The lowest BCUT2D eigenvalue weighted by atomic mass is 10.00. The molecule has 17 heavy (non-hydrogen) atoms. The maximum Gasteiger partial charge on any atom is 0.143 e. The van der Waals surface area contributed by atoms with Crippen molar-refractivity contribution >= 4 is 0 Å². The van der Waals surface area contributed by atoms with Crippen molar-refractivity contribution in [1.82, 2.24) is 4.98 Å². The van der Waals surface area contributed by atoms with Gasteiger partial charge in [-0.2, -0.15) is 0 Å². The minimum Gasteiger partial charge on any atom is -0.491 e. The predicted molar refractivity (Wildman–Crippen MR) is 69.0 cm³/mol. The van der Waals surface area contributed by atoms with Gasteiger partial charge in [0.15, 0.2) is 0 Å². The highest BCUT2D eigenvalue weighted by Gasteiger charge is 2.09. The van der Waals surface area contributed by atoms with Crippen LogP contribution in [0.25, 0.3) is 0 Å². The minimum absolute atomic E-state index is 0.0738. The Labute approximate surface area is 104 Å². The third-order valence-electron chi connectivity index (χ3n) is 2.62. The van der Waals surface area contributed by atoms with E-state index >= 15 is 0 Å². The van der Waals surface area contributed by atoms with Gasteiger partial charge >= 0.3 is 0 Å². The Kier molecular flexibility index (Phi) is 5.42. The third-order valence-corrected chi connectivity index (χ3v) is 2.62. The van der Waals surface area contributed by atoms with Crippen LogP contribution in [0.2, 0.25) is 0 Å². The first-order valence-corrected chi connectivity index (χ1v) is 6.23. The normalized spacial score (nSPS) is 12.8. The number of hydrogen-bond acceptors (Lipinski definition) is 3. The number of ether oxygens (including phenoxy) is 1. The molecule has 3 heteroatoms. The van der Waals surface area contributed by atoms with Crippen molar-refractivity contribution in [3.63, 3.8) is 0 Å². The van der Waals surface area contributed by atoms with Gasteiger partial charge in [0.25, 0.3) is 0 Å². The second-order valence-corrected chi connectivity index (χ2v) is 5.10. The Morgan fingerprint density at radius 2 is 2.00 bits per heavy atom. The maximum absolute atomic E-state index is 9.21. The topological polar surface area (TPSA) is 42.4 Å². The number of aromatic nitrogens is 1. The van der Waals surface area contributed by atoms with Gasteiger partial charge in [0.1, 0.15) is 11.4 Å². The van der Waals surface area contributed by atoms with Crippen LogP contribution in [0.15, 0.2) is 12.1 Å². The molecule has 3 nitrogen and oxygen atoms in total. The fourth-order valence-electron chi connectivity index (χ4n) is 1.95. The van der Waals surface area contributed by atoms with E-state index in [2.05, 4.69) is 25.8 Å². The highest BCUT2D eigenvalue weighted by molar-refractivity contribution is 5.28. The fourth-order valence-corrected chi connectivity index (χ4v) is 1.95. The fraction of sp³-hybridized carbons (Fsp3) is 0.643. The summed E-state index contributed by atoms with van der Waals surface area (Å²) in [6.07, 6.45) is 1.15. The molecule has 0 radical (unpaired) electrons. The van der Waals surface area contributed by atoms with Crippen molar-refractivity contribution in [2.45, 2.75) is 40.7 Å². The molecule has 0 aliphatic carbocycles. The van der Waals surface area contributed by atoms with Gasteiger partial charge in [-0.1, -0.05) is 20.8 Å². The lowest BCUT2D eigenvalue weighted by Crippen LogP contribution is -2.12. The smallest absolute Gasteiger partial charge is 0.143 e. The summed E-state index contributed by atoms with van der Waals surface area (Å²) in [6, 6.07) is 3.79. The number of nitrogens with zero attached hydrogens (tertiary/aromatic N) is 1. The molecule has 0 aliphatic rings. The Morgan fingerprint density at radius 1 is 1.29 bits per heavy atom. The molecule has 0 amide bonds. The van der Waals surface area contributed by atoms with E-state index in [1.165, 1.54) is 0 Å². The van der Waals surface area contributed by atoms with Crippen LogP contribution in [-0.2, 0) is 6.61 Å². The molecular formula is C14H23NO2. The summed E-state index contributed by atoms with van der Waals surface area (Å²) in [4.78, 5) is 4.26. The van der Waals surface area contributed by atoms with E-state index in [0.717, 1.165) is 12.1 Å². The van der Waals surface area contributed by atoms with Crippen LogP contribution in [0.4, 0.5) is 0 Å². The Hall–Kier alpha value is -1.09. The predicted octanol–water partition coefficient (Wildman–Crippen LogP) is 2.94. The molecule has 1 atom stereocenters. The molecule has 0 spiro atoms. The number of hydrogen-bond donors (Lipinski definition) is 1. The molecule has 1 aromatic heterocycles. The summed E-state index contributed by atoms with van der Waals surface area (Å²) in [5.74, 6) is 1.90. The van der Waals surface area contributed by atoms with Gasteiger partial charge in [0.05, 0.1) is 13.2 Å². The van der Waals surface area contributed by atoms with Gasteiger partial charge in [0, 0.05) is 5.69 Å². The van der Waals surface area contributed by atoms with Crippen LogP contribution >= 0.6 is 0 Å². The summed E-state index contributed by atoms with van der Waals surface area (Å²) in [5.41, 5.74) is 1.53.